The minimum atomic E-state index is -0.818. The Hall–Kier alpha value is -2.11. The summed E-state index contributed by atoms with van der Waals surface area (Å²) in [5.41, 5.74) is -0.744. The number of rotatable bonds is 3. The summed E-state index contributed by atoms with van der Waals surface area (Å²) in [6, 6.07) is 1.66. The summed E-state index contributed by atoms with van der Waals surface area (Å²) in [4.78, 5) is 20.9. The minimum absolute atomic E-state index is 0.121. The van der Waals surface area contributed by atoms with Crippen LogP contribution in [0.3, 0.4) is 0 Å². The second-order valence-electron chi connectivity index (χ2n) is 2.89. The average Bonchev–Trinajstić information content (AvgIpc) is 2.16. The molecule has 0 saturated heterocycles. The number of benzene rings is 1. The van der Waals surface area contributed by atoms with Crippen molar-refractivity contribution < 1.29 is 19.9 Å². The number of phenols is 2. The standard InChI is InChI=1S/C9H9NO5/c1-2-7(11)5-3-6(10(14)15)9(13)4-8(5)12/h3-4,12-13H,2H2,1H3. The van der Waals surface area contributed by atoms with Gasteiger partial charge in [-0.15, -0.1) is 0 Å². The third-order valence-corrected chi connectivity index (χ3v) is 1.91. The SMILES string of the molecule is CCC(=O)c1cc([N+](=O)[O-])c(O)cc1O. The van der Waals surface area contributed by atoms with Crippen molar-refractivity contribution in [1.29, 1.82) is 0 Å². The van der Waals surface area contributed by atoms with Gasteiger partial charge in [0.25, 0.3) is 0 Å². The molecule has 2 N–H and O–H groups in total. The molecule has 1 aromatic carbocycles. The molecule has 0 aliphatic rings. The number of phenolic OH excluding ortho intramolecular Hbond substituents is 2. The summed E-state index contributed by atoms with van der Waals surface area (Å²) in [5.74, 6) is -1.54. The summed E-state index contributed by atoms with van der Waals surface area (Å²) >= 11 is 0. The first-order valence-corrected chi connectivity index (χ1v) is 4.21. The molecular formula is C9H9NO5. The Kier molecular flexibility index (Phi) is 2.89. The molecule has 0 aliphatic heterocycles. The smallest absolute Gasteiger partial charge is 0.311 e. The molecule has 0 unspecified atom stereocenters. The average molecular weight is 211 g/mol. The number of aromatic hydroxyl groups is 2. The first kappa shape index (κ1) is 11.0. The van der Waals surface area contributed by atoms with Crippen molar-refractivity contribution in [1.82, 2.24) is 0 Å². The van der Waals surface area contributed by atoms with E-state index in [9.17, 15) is 20.0 Å². The van der Waals surface area contributed by atoms with Gasteiger partial charge in [-0.05, 0) is 0 Å². The van der Waals surface area contributed by atoms with Crippen LogP contribution in [-0.4, -0.2) is 20.9 Å². The summed E-state index contributed by atoms with van der Waals surface area (Å²) < 4.78 is 0. The topological polar surface area (TPSA) is 101 Å². The fourth-order valence-corrected chi connectivity index (χ4v) is 1.13. The van der Waals surface area contributed by atoms with Gasteiger partial charge < -0.3 is 10.2 Å². The maximum atomic E-state index is 11.3. The molecule has 0 bridgehead atoms. The molecule has 15 heavy (non-hydrogen) atoms. The first-order valence-electron chi connectivity index (χ1n) is 4.21. The van der Waals surface area contributed by atoms with Crippen LogP contribution in [0, 0.1) is 10.1 Å². The monoisotopic (exact) mass is 211 g/mol. The number of nitrogens with zero attached hydrogens (tertiary/aromatic N) is 1. The summed E-state index contributed by atoms with van der Waals surface area (Å²) in [6.45, 7) is 1.57. The molecule has 0 amide bonds. The molecular weight excluding hydrogens is 202 g/mol. The maximum Gasteiger partial charge on any atom is 0.311 e. The van der Waals surface area contributed by atoms with E-state index in [0.29, 0.717) is 0 Å². The number of hydrogen-bond donors (Lipinski definition) is 2. The van der Waals surface area contributed by atoms with E-state index in [2.05, 4.69) is 0 Å². The highest BCUT2D eigenvalue weighted by Gasteiger charge is 2.20. The van der Waals surface area contributed by atoms with E-state index in [1.54, 1.807) is 6.92 Å². The molecule has 6 heteroatoms. The lowest BCUT2D eigenvalue weighted by atomic mass is 10.1. The quantitative estimate of drug-likeness (QED) is 0.449. The van der Waals surface area contributed by atoms with Crippen LogP contribution in [0.15, 0.2) is 12.1 Å². The number of ketones is 1. The molecule has 0 aromatic heterocycles. The van der Waals surface area contributed by atoms with Crippen LogP contribution in [0.1, 0.15) is 23.7 Å². The Bertz CT molecular complexity index is 427. The lowest BCUT2D eigenvalue weighted by Crippen LogP contribution is -1.99. The Balaban J connectivity index is 3.36. The maximum absolute atomic E-state index is 11.3. The Morgan fingerprint density at radius 3 is 2.47 bits per heavy atom. The van der Waals surface area contributed by atoms with Gasteiger partial charge in [0.05, 0.1) is 10.5 Å². The second-order valence-corrected chi connectivity index (χ2v) is 2.89. The molecule has 0 saturated carbocycles. The molecule has 1 rings (SSSR count). The third kappa shape index (κ3) is 2.04. The Labute approximate surface area is 84.9 Å². The molecule has 1 aromatic rings. The van der Waals surface area contributed by atoms with Crippen molar-refractivity contribution in [2.45, 2.75) is 13.3 Å². The number of nitro groups is 1. The van der Waals surface area contributed by atoms with Gasteiger partial charge in [-0.25, -0.2) is 0 Å². The van der Waals surface area contributed by atoms with Crippen molar-refractivity contribution in [3.8, 4) is 11.5 Å². The van der Waals surface area contributed by atoms with Crippen LogP contribution in [0.2, 0.25) is 0 Å². The summed E-state index contributed by atoms with van der Waals surface area (Å²) in [7, 11) is 0. The van der Waals surface area contributed by atoms with Crippen molar-refractivity contribution in [2.75, 3.05) is 0 Å². The number of nitro benzene ring substituents is 1. The summed E-state index contributed by atoms with van der Waals surface area (Å²) in [6.07, 6.45) is 0.121. The fraction of sp³-hybridized carbons (Fsp3) is 0.222. The van der Waals surface area contributed by atoms with Crippen LogP contribution in [0.4, 0.5) is 5.69 Å². The van der Waals surface area contributed by atoms with E-state index >= 15 is 0 Å². The minimum Gasteiger partial charge on any atom is -0.507 e. The zero-order chi connectivity index (χ0) is 11.6. The van der Waals surface area contributed by atoms with Crippen LogP contribution < -0.4 is 0 Å². The van der Waals surface area contributed by atoms with Gasteiger partial charge in [-0.3, -0.25) is 14.9 Å². The van der Waals surface area contributed by atoms with E-state index < -0.39 is 27.9 Å². The molecule has 80 valence electrons. The van der Waals surface area contributed by atoms with Gasteiger partial charge >= 0.3 is 5.69 Å². The predicted octanol–water partition coefficient (Wildman–Crippen LogP) is 1.60. The molecule has 0 atom stereocenters. The highest BCUT2D eigenvalue weighted by Crippen LogP contribution is 2.33. The van der Waals surface area contributed by atoms with Crippen molar-refractivity contribution in [3.05, 3.63) is 27.8 Å². The molecule has 0 heterocycles. The van der Waals surface area contributed by atoms with Gasteiger partial charge in [-0.1, -0.05) is 6.92 Å². The Morgan fingerprint density at radius 1 is 1.40 bits per heavy atom. The molecule has 0 spiro atoms. The highest BCUT2D eigenvalue weighted by atomic mass is 16.6. The molecule has 6 nitrogen and oxygen atoms in total. The molecule has 0 aliphatic carbocycles. The number of hydrogen-bond acceptors (Lipinski definition) is 5. The number of Topliss-reactive ketones (excluding diaryl/α,β-unsaturated/α-hetero) is 1. The van der Waals surface area contributed by atoms with E-state index in [1.165, 1.54) is 0 Å². The van der Waals surface area contributed by atoms with E-state index in [-0.39, 0.29) is 12.0 Å². The van der Waals surface area contributed by atoms with Crippen molar-refractivity contribution in [2.24, 2.45) is 0 Å². The number of carbonyl (C=O) groups excluding carboxylic acids is 1. The normalized spacial score (nSPS) is 9.93. The van der Waals surface area contributed by atoms with Gasteiger partial charge in [0.15, 0.2) is 11.5 Å². The lowest BCUT2D eigenvalue weighted by Gasteiger charge is -2.03. The van der Waals surface area contributed by atoms with Gasteiger partial charge in [0.2, 0.25) is 0 Å². The van der Waals surface area contributed by atoms with Crippen molar-refractivity contribution >= 4 is 11.5 Å². The van der Waals surface area contributed by atoms with Crippen LogP contribution in [0.25, 0.3) is 0 Å². The van der Waals surface area contributed by atoms with E-state index in [0.717, 1.165) is 12.1 Å². The zero-order valence-electron chi connectivity index (χ0n) is 7.93. The Morgan fingerprint density at radius 2 is 2.00 bits per heavy atom. The van der Waals surface area contributed by atoms with E-state index in [1.807, 2.05) is 0 Å². The molecule has 0 fully saturated rings. The van der Waals surface area contributed by atoms with Gasteiger partial charge in [-0.2, -0.15) is 0 Å². The largest absolute Gasteiger partial charge is 0.507 e. The van der Waals surface area contributed by atoms with E-state index in [4.69, 9.17) is 5.11 Å². The van der Waals surface area contributed by atoms with Crippen LogP contribution >= 0.6 is 0 Å². The second kappa shape index (κ2) is 3.95. The highest BCUT2D eigenvalue weighted by molar-refractivity contribution is 5.99. The lowest BCUT2D eigenvalue weighted by molar-refractivity contribution is -0.385. The van der Waals surface area contributed by atoms with Gasteiger partial charge in [0.1, 0.15) is 5.75 Å². The van der Waals surface area contributed by atoms with Crippen molar-refractivity contribution in [3.63, 3.8) is 0 Å². The van der Waals surface area contributed by atoms with Crippen LogP contribution in [0.5, 0.6) is 11.5 Å². The predicted molar refractivity (Wildman–Crippen MR) is 51.0 cm³/mol. The first-order chi connectivity index (χ1) is 6.97. The summed E-state index contributed by atoms with van der Waals surface area (Å²) in [5, 5.41) is 28.9. The number of carbonyl (C=O) groups is 1. The van der Waals surface area contributed by atoms with Gasteiger partial charge in [0, 0.05) is 18.6 Å². The fourth-order valence-electron chi connectivity index (χ4n) is 1.13. The zero-order valence-corrected chi connectivity index (χ0v) is 7.93. The molecule has 0 radical (unpaired) electrons. The van der Waals surface area contributed by atoms with Crippen LogP contribution in [-0.2, 0) is 0 Å². The third-order valence-electron chi connectivity index (χ3n) is 1.91.